The quantitative estimate of drug-likeness (QED) is 0.240. The largest absolute Gasteiger partial charge is 0.507 e. The Morgan fingerprint density at radius 1 is 1.00 bits per heavy atom. The molecule has 2 heterocycles. The van der Waals surface area contributed by atoms with E-state index in [1.807, 2.05) is 50.2 Å². The van der Waals surface area contributed by atoms with Crippen LogP contribution < -0.4 is 9.64 Å². The molecule has 1 N–H and O–H groups in total. The maximum absolute atomic E-state index is 13.4. The highest BCUT2D eigenvalue weighted by Crippen LogP contribution is 2.44. The molecule has 7 heteroatoms. The third kappa shape index (κ3) is 3.64. The first-order valence-electron chi connectivity index (χ1n) is 10.8. The zero-order chi connectivity index (χ0) is 24.0. The van der Waals surface area contributed by atoms with Gasteiger partial charge in [0.25, 0.3) is 5.78 Å². The summed E-state index contributed by atoms with van der Waals surface area (Å²) in [6.45, 7) is 3.93. The van der Waals surface area contributed by atoms with Gasteiger partial charge in [0, 0.05) is 5.56 Å². The summed E-state index contributed by atoms with van der Waals surface area (Å²) in [6.07, 6.45) is 0. The van der Waals surface area contributed by atoms with Crippen molar-refractivity contribution in [2.45, 2.75) is 19.9 Å². The Morgan fingerprint density at radius 3 is 2.47 bits per heavy atom. The first kappa shape index (κ1) is 21.9. The Bertz CT molecular complexity index is 1470. The minimum Gasteiger partial charge on any atom is -0.507 e. The highest BCUT2D eigenvalue weighted by molar-refractivity contribution is 7.22. The van der Waals surface area contributed by atoms with Crippen LogP contribution in [0.2, 0.25) is 0 Å². The fraction of sp³-hybridized carbons (Fsp3) is 0.148. The molecule has 0 radical (unpaired) electrons. The van der Waals surface area contributed by atoms with Gasteiger partial charge >= 0.3 is 5.91 Å². The van der Waals surface area contributed by atoms with Crippen molar-refractivity contribution in [1.29, 1.82) is 0 Å². The minimum atomic E-state index is -0.849. The number of hydrogen-bond donors (Lipinski definition) is 1. The molecule has 1 aliphatic heterocycles. The van der Waals surface area contributed by atoms with Gasteiger partial charge in [-0.05, 0) is 49.2 Å². The zero-order valence-corrected chi connectivity index (χ0v) is 19.7. The van der Waals surface area contributed by atoms with Gasteiger partial charge in [-0.15, -0.1) is 0 Å². The summed E-state index contributed by atoms with van der Waals surface area (Å²) in [5.41, 5.74) is 3.98. The van der Waals surface area contributed by atoms with E-state index in [-0.39, 0.29) is 11.3 Å². The standard InChI is InChI=1S/C27H22N2O4S/c1-15-7-10-17(11-8-15)24(30)22-23(18-5-4-6-19(14-18)33-3)29(26(32)25(22)31)27-28-20-12-9-16(2)13-21(20)34-27/h4-14,23,30H,1-3H3/b24-22+/t23-/m0/s1. The molecule has 170 valence electrons. The number of carbonyl (C=O) groups excluding carboxylic acids is 2. The second-order valence-corrected chi connectivity index (χ2v) is 9.29. The topological polar surface area (TPSA) is 79.7 Å². The Hall–Kier alpha value is -3.97. The number of fused-ring (bicyclic) bond motifs is 1. The lowest BCUT2D eigenvalue weighted by atomic mass is 9.95. The van der Waals surface area contributed by atoms with E-state index >= 15 is 0 Å². The van der Waals surface area contributed by atoms with Crippen LogP contribution in [0.4, 0.5) is 5.13 Å². The van der Waals surface area contributed by atoms with Crippen LogP contribution in [0.1, 0.15) is 28.3 Å². The minimum absolute atomic E-state index is 0.0255. The van der Waals surface area contributed by atoms with Gasteiger partial charge < -0.3 is 9.84 Å². The maximum Gasteiger partial charge on any atom is 0.301 e. The summed E-state index contributed by atoms with van der Waals surface area (Å²) >= 11 is 1.34. The van der Waals surface area contributed by atoms with Crippen molar-refractivity contribution >= 4 is 44.1 Å². The molecule has 0 aliphatic carbocycles. The number of ether oxygens (including phenoxy) is 1. The Morgan fingerprint density at radius 2 is 1.74 bits per heavy atom. The highest BCUT2D eigenvalue weighted by atomic mass is 32.1. The Balaban J connectivity index is 1.74. The van der Waals surface area contributed by atoms with E-state index < -0.39 is 17.7 Å². The number of Topliss-reactive ketones (excluding diaryl/α,β-unsaturated/α-hetero) is 1. The number of carbonyl (C=O) groups is 2. The second kappa shape index (κ2) is 8.43. The summed E-state index contributed by atoms with van der Waals surface area (Å²) in [4.78, 5) is 32.7. The lowest BCUT2D eigenvalue weighted by Gasteiger charge is -2.23. The molecule has 6 nitrogen and oxygen atoms in total. The van der Waals surface area contributed by atoms with Crippen LogP contribution in [0.25, 0.3) is 16.0 Å². The number of thiazole rings is 1. The molecule has 0 saturated carbocycles. The smallest absolute Gasteiger partial charge is 0.301 e. The van der Waals surface area contributed by atoms with Crippen LogP contribution in [-0.2, 0) is 9.59 Å². The molecular formula is C27H22N2O4S. The molecular weight excluding hydrogens is 448 g/mol. The molecule has 1 aromatic heterocycles. The number of aliphatic hydroxyl groups excluding tert-OH is 1. The van der Waals surface area contributed by atoms with E-state index in [9.17, 15) is 14.7 Å². The number of anilines is 1. The van der Waals surface area contributed by atoms with Gasteiger partial charge in [-0.2, -0.15) is 0 Å². The van der Waals surface area contributed by atoms with Gasteiger partial charge in [-0.25, -0.2) is 4.98 Å². The van der Waals surface area contributed by atoms with Crippen LogP contribution in [-0.4, -0.2) is 28.9 Å². The van der Waals surface area contributed by atoms with Crippen LogP contribution in [0, 0.1) is 13.8 Å². The number of nitrogens with zero attached hydrogens (tertiary/aromatic N) is 2. The predicted molar refractivity (Wildman–Crippen MR) is 133 cm³/mol. The lowest BCUT2D eigenvalue weighted by Crippen LogP contribution is -2.29. The van der Waals surface area contributed by atoms with Gasteiger partial charge in [-0.3, -0.25) is 14.5 Å². The van der Waals surface area contributed by atoms with Gasteiger partial charge in [0.15, 0.2) is 5.13 Å². The van der Waals surface area contributed by atoms with E-state index in [0.717, 1.165) is 21.3 Å². The number of aromatic nitrogens is 1. The van der Waals surface area contributed by atoms with Crippen molar-refractivity contribution in [2.24, 2.45) is 0 Å². The molecule has 34 heavy (non-hydrogen) atoms. The van der Waals surface area contributed by atoms with E-state index in [1.54, 1.807) is 37.4 Å². The van der Waals surface area contributed by atoms with E-state index in [0.29, 0.717) is 22.0 Å². The number of rotatable bonds is 4. The van der Waals surface area contributed by atoms with Crippen molar-refractivity contribution in [3.8, 4) is 5.75 Å². The Labute approximate surface area is 200 Å². The highest BCUT2D eigenvalue weighted by Gasteiger charge is 2.48. The monoisotopic (exact) mass is 470 g/mol. The summed E-state index contributed by atoms with van der Waals surface area (Å²) in [7, 11) is 1.55. The molecule has 3 aromatic carbocycles. The van der Waals surface area contributed by atoms with Crippen molar-refractivity contribution in [2.75, 3.05) is 12.0 Å². The molecule has 1 atom stereocenters. The van der Waals surface area contributed by atoms with Gasteiger partial charge in [0.05, 0.1) is 28.9 Å². The summed E-state index contributed by atoms with van der Waals surface area (Å²) in [6, 6.07) is 19.3. The summed E-state index contributed by atoms with van der Waals surface area (Å²) < 4.78 is 6.30. The SMILES string of the molecule is COc1cccc([C@H]2/C(=C(\O)c3ccc(C)cc3)C(=O)C(=O)N2c2nc3ccc(C)cc3s2)c1. The molecule has 5 rings (SSSR count). The number of aryl methyl sites for hydroxylation is 2. The van der Waals surface area contributed by atoms with Crippen molar-refractivity contribution in [1.82, 2.24) is 4.98 Å². The summed E-state index contributed by atoms with van der Waals surface area (Å²) in [5, 5.41) is 11.6. The number of methoxy groups -OCH3 is 1. The second-order valence-electron chi connectivity index (χ2n) is 8.28. The number of hydrogen-bond acceptors (Lipinski definition) is 6. The number of benzene rings is 3. The van der Waals surface area contributed by atoms with E-state index in [4.69, 9.17) is 4.74 Å². The van der Waals surface area contributed by atoms with Gasteiger partial charge in [-0.1, -0.05) is 59.4 Å². The van der Waals surface area contributed by atoms with Gasteiger partial charge in [0.1, 0.15) is 11.5 Å². The van der Waals surface area contributed by atoms with Crippen LogP contribution >= 0.6 is 11.3 Å². The third-order valence-corrected chi connectivity index (χ3v) is 6.94. The van der Waals surface area contributed by atoms with Crippen LogP contribution in [0.5, 0.6) is 5.75 Å². The first-order valence-corrected chi connectivity index (χ1v) is 11.6. The fourth-order valence-corrected chi connectivity index (χ4v) is 5.24. The molecule has 1 fully saturated rings. The Kier molecular flexibility index (Phi) is 5.42. The normalized spacial score (nSPS) is 17.5. The number of amides is 1. The van der Waals surface area contributed by atoms with Gasteiger partial charge in [0.2, 0.25) is 0 Å². The molecule has 0 spiro atoms. The first-order chi connectivity index (χ1) is 16.4. The predicted octanol–water partition coefficient (Wildman–Crippen LogP) is 5.55. The van der Waals surface area contributed by atoms with E-state index in [2.05, 4.69) is 4.98 Å². The molecule has 1 aliphatic rings. The van der Waals surface area contributed by atoms with Crippen molar-refractivity contribution in [3.05, 3.63) is 94.6 Å². The number of aliphatic hydroxyl groups is 1. The number of ketones is 1. The average molecular weight is 471 g/mol. The van der Waals surface area contributed by atoms with E-state index in [1.165, 1.54) is 16.2 Å². The third-order valence-electron chi connectivity index (χ3n) is 5.92. The average Bonchev–Trinajstić information content (AvgIpc) is 3.37. The summed E-state index contributed by atoms with van der Waals surface area (Å²) in [5.74, 6) is -1.11. The van der Waals surface area contributed by atoms with Crippen LogP contribution in [0.3, 0.4) is 0 Å². The maximum atomic E-state index is 13.4. The van der Waals surface area contributed by atoms with Crippen molar-refractivity contribution in [3.63, 3.8) is 0 Å². The molecule has 1 amide bonds. The van der Waals surface area contributed by atoms with Crippen molar-refractivity contribution < 1.29 is 19.4 Å². The molecule has 4 aromatic rings. The zero-order valence-electron chi connectivity index (χ0n) is 18.9. The lowest BCUT2D eigenvalue weighted by molar-refractivity contribution is -0.132. The molecule has 0 unspecified atom stereocenters. The molecule has 1 saturated heterocycles. The van der Waals surface area contributed by atoms with Crippen LogP contribution in [0.15, 0.2) is 72.3 Å². The fourth-order valence-electron chi connectivity index (χ4n) is 4.15. The molecule has 0 bridgehead atoms.